The fraction of sp³-hybridized carbons (Fsp3) is 0.600. The van der Waals surface area contributed by atoms with Crippen molar-refractivity contribution in [3.05, 3.63) is 35.4 Å². The molecule has 1 aliphatic heterocycles. The van der Waals surface area contributed by atoms with Gasteiger partial charge in [0, 0.05) is 18.8 Å². The highest BCUT2D eigenvalue weighted by molar-refractivity contribution is 5.33. The Morgan fingerprint density at radius 1 is 1.18 bits per heavy atom. The number of rotatable bonds is 3. The molecular formula is C15H21NO. The Morgan fingerprint density at radius 2 is 1.88 bits per heavy atom. The van der Waals surface area contributed by atoms with Crippen molar-refractivity contribution in [2.45, 2.75) is 43.6 Å². The highest BCUT2D eigenvalue weighted by Crippen LogP contribution is 2.38. The fourth-order valence-corrected chi connectivity index (χ4v) is 2.82. The van der Waals surface area contributed by atoms with E-state index in [-0.39, 0.29) is 5.54 Å². The Bertz CT molecular complexity index is 392. The van der Waals surface area contributed by atoms with Crippen LogP contribution in [0.3, 0.4) is 0 Å². The van der Waals surface area contributed by atoms with Crippen LogP contribution in [0, 0.1) is 0 Å². The van der Waals surface area contributed by atoms with Crippen LogP contribution in [-0.2, 0) is 11.2 Å². The van der Waals surface area contributed by atoms with Gasteiger partial charge in [0.15, 0.2) is 0 Å². The molecule has 2 N–H and O–H groups in total. The number of hydrogen-bond donors (Lipinski definition) is 1. The summed E-state index contributed by atoms with van der Waals surface area (Å²) < 4.78 is 5.45. The Morgan fingerprint density at radius 3 is 2.59 bits per heavy atom. The molecular weight excluding hydrogens is 210 g/mol. The Hall–Kier alpha value is -0.860. The third-order valence-corrected chi connectivity index (χ3v) is 4.15. The van der Waals surface area contributed by atoms with Crippen molar-refractivity contribution in [2.24, 2.45) is 5.73 Å². The minimum absolute atomic E-state index is 0.112. The van der Waals surface area contributed by atoms with Crippen molar-refractivity contribution in [3.8, 4) is 0 Å². The fourth-order valence-electron chi connectivity index (χ4n) is 2.82. The summed E-state index contributed by atoms with van der Waals surface area (Å²) in [7, 11) is 0. The summed E-state index contributed by atoms with van der Waals surface area (Å²) in [6.45, 7) is 1.82. The van der Waals surface area contributed by atoms with Gasteiger partial charge in [0.1, 0.15) is 0 Å². The lowest BCUT2D eigenvalue weighted by Crippen LogP contribution is -2.26. The first-order valence-corrected chi connectivity index (χ1v) is 6.71. The normalized spacial score (nSPS) is 23.6. The molecule has 2 aliphatic rings. The summed E-state index contributed by atoms with van der Waals surface area (Å²) in [5, 5.41) is 0. The number of ether oxygens (including phenoxy) is 1. The highest BCUT2D eigenvalue weighted by atomic mass is 16.5. The van der Waals surface area contributed by atoms with Gasteiger partial charge in [0.05, 0.1) is 0 Å². The minimum Gasteiger partial charge on any atom is -0.381 e. The van der Waals surface area contributed by atoms with E-state index < -0.39 is 0 Å². The first-order chi connectivity index (χ1) is 8.27. The maximum atomic E-state index is 6.25. The molecule has 0 atom stereocenters. The molecule has 2 nitrogen and oxygen atoms in total. The molecule has 2 fully saturated rings. The summed E-state index contributed by atoms with van der Waals surface area (Å²) in [6, 6.07) is 8.85. The molecule has 92 valence electrons. The zero-order valence-corrected chi connectivity index (χ0v) is 10.3. The van der Waals surface area contributed by atoms with Crippen molar-refractivity contribution in [1.82, 2.24) is 0 Å². The summed E-state index contributed by atoms with van der Waals surface area (Å²) in [4.78, 5) is 0. The average molecular weight is 231 g/mol. The van der Waals surface area contributed by atoms with E-state index in [2.05, 4.69) is 24.3 Å². The molecule has 1 aliphatic carbocycles. The molecule has 0 bridgehead atoms. The molecule has 1 saturated heterocycles. The van der Waals surface area contributed by atoms with Crippen molar-refractivity contribution < 1.29 is 4.74 Å². The van der Waals surface area contributed by atoms with Gasteiger partial charge in [-0.05, 0) is 49.1 Å². The predicted molar refractivity (Wildman–Crippen MR) is 69.1 cm³/mol. The summed E-state index contributed by atoms with van der Waals surface area (Å²) in [5.74, 6) is 0.683. The molecule has 17 heavy (non-hydrogen) atoms. The van der Waals surface area contributed by atoms with Crippen molar-refractivity contribution in [1.29, 1.82) is 0 Å². The van der Waals surface area contributed by atoms with Crippen molar-refractivity contribution in [3.63, 3.8) is 0 Å². The Balaban J connectivity index is 1.81. The van der Waals surface area contributed by atoms with Crippen LogP contribution in [0.2, 0.25) is 0 Å². The molecule has 0 radical (unpaired) electrons. The van der Waals surface area contributed by atoms with Crippen LogP contribution in [0.5, 0.6) is 0 Å². The zero-order valence-electron chi connectivity index (χ0n) is 10.3. The molecule has 3 rings (SSSR count). The quantitative estimate of drug-likeness (QED) is 0.868. The number of benzene rings is 1. The van der Waals surface area contributed by atoms with Gasteiger partial charge in [-0.15, -0.1) is 0 Å². The third-order valence-electron chi connectivity index (χ3n) is 4.15. The van der Waals surface area contributed by atoms with Crippen LogP contribution >= 0.6 is 0 Å². The van der Waals surface area contributed by atoms with Crippen LogP contribution in [-0.4, -0.2) is 18.8 Å². The highest BCUT2D eigenvalue weighted by Gasteiger charge is 2.38. The largest absolute Gasteiger partial charge is 0.381 e. The Labute approximate surface area is 103 Å². The summed E-state index contributed by atoms with van der Waals surface area (Å²) in [6.07, 6.45) is 5.76. The van der Waals surface area contributed by atoms with E-state index in [1.165, 1.54) is 24.0 Å². The summed E-state index contributed by atoms with van der Waals surface area (Å²) >= 11 is 0. The van der Waals surface area contributed by atoms with Crippen LogP contribution in [0.15, 0.2) is 24.3 Å². The standard InChI is InChI=1S/C15H21NO/c16-15(7-8-15)11-13-3-1-2-4-14(13)12-5-9-17-10-6-12/h1-4,12H,5-11,16H2. The molecule has 1 aromatic carbocycles. The maximum Gasteiger partial charge on any atom is 0.0471 e. The lowest BCUT2D eigenvalue weighted by Gasteiger charge is -2.25. The van der Waals surface area contributed by atoms with Crippen LogP contribution in [0.4, 0.5) is 0 Å². The van der Waals surface area contributed by atoms with Gasteiger partial charge in [0.2, 0.25) is 0 Å². The van der Waals surface area contributed by atoms with E-state index in [0.29, 0.717) is 5.92 Å². The lowest BCUT2D eigenvalue weighted by molar-refractivity contribution is 0.0851. The molecule has 2 heteroatoms. The average Bonchev–Trinajstić information content (AvgIpc) is 3.09. The number of hydrogen-bond acceptors (Lipinski definition) is 2. The predicted octanol–water partition coefficient (Wildman–Crippen LogP) is 2.61. The Kier molecular flexibility index (Phi) is 2.93. The monoisotopic (exact) mass is 231 g/mol. The van der Waals surface area contributed by atoms with Gasteiger partial charge < -0.3 is 10.5 Å². The van der Waals surface area contributed by atoms with Crippen LogP contribution in [0.25, 0.3) is 0 Å². The molecule has 1 saturated carbocycles. The van der Waals surface area contributed by atoms with E-state index in [0.717, 1.165) is 32.5 Å². The molecule has 1 aromatic rings. The van der Waals surface area contributed by atoms with E-state index in [9.17, 15) is 0 Å². The minimum atomic E-state index is 0.112. The molecule has 0 unspecified atom stereocenters. The van der Waals surface area contributed by atoms with E-state index in [1.807, 2.05) is 0 Å². The maximum absolute atomic E-state index is 6.25. The van der Waals surface area contributed by atoms with Gasteiger partial charge in [-0.3, -0.25) is 0 Å². The van der Waals surface area contributed by atoms with Crippen molar-refractivity contribution in [2.75, 3.05) is 13.2 Å². The first kappa shape index (κ1) is 11.2. The summed E-state index contributed by atoms with van der Waals surface area (Å²) in [5.41, 5.74) is 9.36. The zero-order chi connectivity index (χ0) is 11.7. The van der Waals surface area contributed by atoms with Crippen LogP contribution < -0.4 is 5.73 Å². The van der Waals surface area contributed by atoms with E-state index in [4.69, 9.17) is 10.5 Å². The van der Waals surface area contributed by atoms with E-state index in [1.54, 1.807) is 0 Å². The van der Waals surface area contributed by atoms with E-state index >= 15 is 0 Å². The SMILES string of the molecule is NC1(Cc2ccccc2C2CCOCC2)CC1. The van der Waals surface area contributed by atoms with Gasteiger partial charge in [-0.25, -0.2) is 0 Å². The van der Waals surface area contributed by atoms with Gasteiger partial charge in [-0.2, -0.15) is 0 Å². The van der Waals surface area contributed by atoms with Crippen LogP contribution in [0.1, 0.15) is 42.7 Å². The van der Waals surface area contributed by atoms with Gasteiger partial charge >= 0.3 is 0 Å². The second-order valence-corrected chi connectivity index (χ2v) is 5.62. The second-order valence-electron chi connectivity index (χ2n) is 5.62. The number of nitrogens with two attached hydrogens (primary N) is 1. The van der Waals surface area contributed by atoms with Gasteiger partial charge in [0.25, 0.3) is 0 Å². The molecule has 0 amide bonds. The second kappa shape index (κ2) is 4.43. The molecule has 0 spiro atoms. The molecule has 1 heterocycles. The first-order valence-electron chi connectivity index (χ1n) is 6.71. The smallest absolute Gasteiger partial charge is 0.0471 e. The van der Waals surface area contributed by atoms with Gasteiger partial charge in [-0.1, -0.05) is 24.3 Å². The molecule has 0 aromatic heterocycles. The lowest BCUT2D eigenvalue weighted by atomic mass is 9.86. The third kappa shape index (κ3) is 2.53. The topological polar surface area (TPSA) is 35.2 Å². The van der Waals surface area contributed by atoms with Crippen molar-refractivity contribution >= 4 is 0 Å².